The quantitative estimate of drug-likeness (QED) is 0.577. The summed E-state index contributed by atoms with van der Waals surface area (Å²) in [4.78, 5) is 0. The molecule has 0 atom stereocenters. The van der Waals surface area contributed by atoms with Gasteiger partial charge in [0.15, 0.2) is 0 Å². The molecule has 0 saturated carbocycles. The van der Waals surface area contributed by atoms with E-state index in [-0.39, 0.29) is 0 Å². The van der Waals surface area contributed by atoms with Crippen LogP contribution in [-0.2, 0) is 0 Å². The lowest BCUT2D eigenvalue weighted by Crippen LogP contribution is -2.50. The topological polar surface area (TPSA) is 35.2 Å². The molecule has 0 unspecified atom stereocenters. The van der Waals surface area contributed by atoms with Crippen LogP contribution in [0.2, 0.25) is 21.6 Å². The van der Waals surface area contributed by atoms with E-state index in [9.17, 15) is 0 Å². The van der Waals surface area contributed by atoms with Crippen LogP contribution >= 0.6 is 11.6 Å². The summed E-state index contributed by atoms with van der Waals surface area (Å²) < 4.78 is 6.53. The molecule has 1 aromatic rings. The Morgan fingerprint density at radius 3 is 1.84 bits per heavy atom. The van der Waals surface area contributed by atoms with Crippen LogP contribution in [0.1, 0.15) is 41.5 Å². The van der Waals surface area contributed by atoms with Gasteiger partial charge in [0.1, 0.15) is 5.75 Å². The lowest BCUT2D eigenvalue weighted by Gasteiger charge is -2.42. The van der Waals surface area contributed by atoms with E-state index in [1.165, 1.54) is 0 Å². The lowest BCUT2D eigenvalue weighted by molar-refractivity contribution is 0.481. The van der Waals surface area contributed by atoms with Crippen molar-refractivity contribution in [2.75, 3.05) is 5.73 Å². The van der Waals surface area contributed by atoms with E-state index in [0.29, 0.717) is 27.3 Å². The number of nitrogen functional groups attached to an aromatic ring is 1. The van der Waals surface area contributed by atoms with Gasteiger partial charge in [-0.25, -0.2) is 0 Å². The van der Waals surface area contributed by atoms with E-state index < -0.39 is 8.32 Å². The maximum atomic E-state index is 6.53. The number of halogens is 1. The van der Waals surface area contributed by atoms with Crippen molar-refractivity contribution in [1.29, 1.82) is 0 Å². The van der Waals surface area contributed by atoms with Crippen molar-refractivity contribution in [3.8, 4) is 5.75 Å². The third kappa shape index (κ3) is 3.26. The predicted molar refractivity (Wildman–Crippen MR) is 87.5 cm³/mol. The number of hydrogen-bond acceptors (Lipinski definition) is 2. The van der Waals surface area contributed by atoms with Gasteiger partial charge in [-0.2, -0.15) is 0 Å². The Morgan fingerprint density at radius 2 is 1.47 bits per heavy atom. The fraction of sp³-hybridized carbons (Fsp3) is 0.600. The third-order valence-corrected chi connectivity index (χ3v) is 10.2. The minimum absolute atomic E-state index is 0.530. The van der Waals surface area contributed by atoms with Gasteiger partial charge >= 0.3 is 0 Å². The molecule has 0 radical (unpaired) electrons. The Labute approximate surface area is 123 Å². The summed E-state index contributed by atoms with van der Waals surface area (Å²) in [5, 5.41) is 0.649. The van der Waals surface area contributed by atoms with Crippen LogP contribution < -0.4 is 10.2 Å². The Bertz CT molecular complexity index is 410. The van der Waals surface area contributed by atoms with Crippen molar-refractivity contribution in [2.24, 2.45) is 0 Å². The molecule has 0 heterocycles. The Balaban J connectivity index is 3.21. The second-order valence-corrected chi connectivity index (χ2v) is 11.9. The van der Waals surface area contributed by atoms with Gasteiger partial charge in [0.25, 0.3) is 8.32 Å². The minimum atomic E-state index is -1.94. The first kappa shape index (κ1) is 16.4. The van der Waals surface area contributed by atoms with Crippen LogP contribution in [0.4, 0.5) is 5.69 Å². The Morgan fingerprint density at radius 1 is 1.00 bits per heavy atom. The third-order valence-electron chi connectivity index (χ3n) is 3.97. The molecule has 0 fully saturated rings. The molecule has 1 rings (SSSR count). The van der Waals surface area contributed by atoms with Gasteiger partial charge in [-0.15, -0.1) is 0 Å². The molecule has 0 aliphatic heterocycles. The van der Waals surface area contributed by atoms with E-state index in [0.717, 1.165) is 5.75 Å². The summed E-state index contributed by atoms with van der Waals surface area (Å²) in [6.07, 6.45) is 0. The maximum absolute atomic E-state index is 6.53. The van der Waals surface area contributed by atoms with Crippen molar-refractivity contribution in [1.82, 2.24) is 0 Å². The molecule has 1 aromatic carbocycles. The summed E-state index contributed by atoms with van der Waals surface area (Å²) in [6.45, 7) is 13.6. The molecular formula is C15H26ClNOSi. The predicted octanol–water partition coefficient (Wildman–Crippen LogP) is 5.48. The smallest absolute Gasteiger partial charge is 0.258 e. The van der Waals surface area contributed by atoms with Gasteiger partial charge in [-0.3, -0.25) is 0 Å². The molecule has 0 saturated heterocycles. The van der Waals surface area contributed by atoms with Crippen LogP contribution in [0.3, 0.4) is 0 Å². The van der Waals surface area contributed by atoms with Gasteiger partial charge < -0.3 is 10.2 Å². The SMILES string of the molecule is CC(C)[Si](Oc1ccc(Cl)cc1N)(C(C)C)C(C)C. The zero-order chi connectivity index (χ0) is 14.8. The summed E-state index contributed by atoms with van der Waals surface area (Å²) >= 11 is 5.95. The van der Waals surface area contributed by atoms with E-state index in [1.807, 2.05) is 12.1 Å². The summed E-state index contributed by atoms with van der Waals surface area (Å²) in [5.74, 6) is 0.784. The van der Waals surface area contributed by atoms with Gasteiger partial charge in [0.05, 0.1) is 5.69 Å². The highest BCUT2D eigenvalue weighted by Crippen LogP contribution is 2.44. The molecule has 108 valence electrons. The zero-order valence-corrected chi connectivity index (χ0v) is 14.6. The highest BCUT2D eigenvalue weighted by atomic mass is 35.5. The standard InChI is InChI=1S/C15H26ClNOSi/c1-10(2)19(11(3)4,12(5)6)18-15-8-7-13(16)9-14(15)17/h7-12H,17H2,1-6H3. The fourth-order valence-electron chi connectivity index (χ4n) is 3.16. The molecule has 0 aromatic heterocycles. The average Bonchev–Trinajstić information content (AvgIpc) is 2.26. The van der Waals surface area contributed by atoms with Gasteiger partial charge in [0.2, 0.25) is 0 Å². The fourth-order valence-corrected chi connectivity index (χ4v) is 8.61. The highest BCUT2D eigenvalue weighted by molar-refractivity contribution is 6.78. The van der Waals surface area contributed by atoms with Gasteiger partial charge in [0, 0.05) is 5.02 Å². The van der Waals surface area contributed by atoms with Crippen LogP contribution in [0.25, 0.3) is 0 Å². The van der Waals surface area contributed by atoms with Gasteiger partial charge in [-0.1, -0.05) is 53.1 Å². The molecule has 0 spiro atoms. The molecule has 19 heavy (non-hydrogen) atoms. The normalized spacial score (nSPS) is 12.5. The largest absolute Gasteiger partial charge is 0.541 e. The summed E-state index contributed by atoms with van der Waals surface area (Å²) in [5.41, 5.74) is 8.26. The highest BCUT2D eigenvalue weighted by Gasteiger charge is 2.47. The van der Waals surface area contributed by atoms with E-state index >= 15 is 0 Å². The van der Waals surface area contributed by atoms with Crippen LogP contribution in [-0.4, -0.2) is 8.32 Å². The second kappa shape index (κ2) is 6.19. The van der Waals surface area contributed by atoms with Crippen molar-refractivity contribution >= 4 is 25.6 Å². The van der Waals surface area contributed by atoms with Crippen LogP contribution in [0, 0.1) is 0 Å². The van der Waals surface area contributed by atoms with E-state index in [1.54, 1.807) is 6.07 Å². The first-order valence-electron chi connectivity index (χ1n) is 6.95. The molecular weight excluding hydrogens is 274 g/mol. The molecule has 0 aliphatic rings. The second-order valence-electron chi connectivity index (χ2n) is 6.10. The molecule has 2 N–H and O–H groups in total. The summed E-state index contributed by atoms with van der Waals surface area (Å²) in [6, 6.07) is 5.50. The number of anilines is 1. The lowest BCUT2D eigenvalue weighted by atomic mass is 10.3. The molecule has 4 heteroatoms. The summed E-state index contributed by atoms with van der Waals surface area (Å²) in [7, 11) is -1.94. The number of nitrogens with two attached hydrogens (primary N) is 1. The Kier molecular flexibility index (Phi) is 5.33. The van der Waals surface area contributed by atoms with Gasteiger partial charge in [-0.05, 0) is 34.8 Å². The average molecular weight is 300 g/mol. The number of benzene rings is 1. The first-order valence-corrected chi connectivity index (χ1v) is 9.47. The maximum Gasteiger partial charge on any atom is 0.258 e. The van der Waals surface area contributed by atoms with Crippen LogP contribution in [0.5, 0.6) is 5.75 Å². The van der Waals surface area contributed by atoms with Crippen molar-refractivity contribution < 1.29 is 4.43 Å². The number of hydrogen-bond donors (Lipinski definition) is 1. The minimum Gasteiger partial charge on any atom is -0.541 e. The molecule has 0 amide bonds. The Hall–Kier alpha value is -0.673. The molecule has 0 aliphatic carbocycles. The van der Waals surface area contributed by atoms with Crippen molar-refractivity contribution in [3.05, 3.63) is 23.2 Å². The van der Waals surface area contributed by atoms with Crippen molar-refractivity contribution in [2.45, 2.75) is 58.2 Å². The monoisotopic (exact) mass is 299 g/mol. The first-order chi connectivity index (χ1) is 8.71. The number of rotatable bonds is 5. The van der Waals surface area contributed by atoms with E-state index in [2.05, 4.69) is 41.5 Å². The molecule has 0 bridgehead atoms. The van der Waals surface area contributed by atoms with Crippen LogP contribution in [0.15, 0.2) is 18.2 Å². The van der Waals surface area contributed by atoms with Crippen molar-refractivity contribution in [3.63, 3.8) is 0 Å². The van der Waals surface area contributed by atoms with E-state index in [4.69, 9.17) is 21.8 Å². The zero-order valence-electron chi connectivity index (χ0n) is 12.8. The molecule has 2 nitrogen and oxygen atoms in total.